The van der Waals surface area contributed by atoms with Gasteiger partial charge < -0.3 is 0 Å². The van der Waals surface area contributed by atoms with Crippen LogP contribution in [0.3, 0.4) is 0 Å². The highest BCUT2D eigenvalue weighted by atomic mass is 14.2. The first-order valence-electron chi connectivity index (χ1n) is 3.07. The van der Waals surface area contributed by atoms with Crippen molar-refractivity contribution in [3.8, 4) is 6.07 Å². The molecule has 0 N–H and O–H groups in total. The minimum atomic E-state index is 0.970. The number of nitrogens with zero attached hydrogens (tertiary/aromatic N) is 1. The molecule has 0 aliphatic rings. The normalized spacial score (nSPS) is 10.7. The van der Waals surface area contributed by atoms with E-state index in [0.717, 1.165) is 12.8 Å². The van der Waals surface area contributed by atoms with Gasteiger partial charge in [-0.1, -0.05) is 18.2 Å². The summed E-state index contributed by atoms with van der Waals surface area (Å²) in [4.78, 5) is 0. The van der Waals surface area contributed by atoms with Crippen molar-refractivity contribution >= 4 is 0 Å². The maximum absolute atomic E-state index is 8.07. The van der Waals surface area contributed by atoms with E-state index in [9.17, 15) is 0 Å². The smallest absolute Gasteiger partial charge is 0.0908 e. The summed E-state index contributed by atoms with van der Waals surface area (Å²) in [5.41, 5.74) is 0. The molecule has 0 spiro atoms. The van der Waals surface area contributed by atoms with Crippen LogP contribution in [-0.4, -0.2) is 0 Å². The summed E-state index contributed by atoms with van der Waals surface area (Å²) >= 11 is 0. The minimum Gasteiger partial charge on any atom is -0.193 e. The lowest BCUT2D eigenvalue weighted by Gasteiger charge is -1.80. The summed E-state index contributed by atoms with van der Waals surface area (Å²) in [5.74, 6) is 0. The van der Waals surface area contributed by atoms with E-state index in [1.807, 2.05) is 25.1 Å². The topological polar surface area (TPSA) is 23.8 Å². The van der Waals surface area contributed by atoms with E-state index < -0.39 is 0 Å². The summed E-state index contributed by atoms with van der Waals surface area (Å²) in [6.45, 7) is 1.99. The van der Waals surface area contributed by atoms with Crippen LogP contribution in [0.1, 0.15) is 19.8 Å². The van der Waals surface area contributed by atoms with Gasteiger partial charge in [-0.25, -0.2) is 0 Å². The molecule has 0 rings (SSSR count). The Morgan fingerprint density at radius 1 is 1.33 bits per heavy atom. The lowest BCUT2D eigenvalue weighted by Crippen LogP contribution is -1.61. The molecule has 0 aromatic carbocycles. The van der Waals surface area contributed by atoms with Gasteiger partial charge in [-0.15, -0.1) is 0 Å². The van der Waals surface area contributed by atoms with Crippen molar-refractivity contribution in [2.75, 3.05) is 0 Å². The van der Waals surface area contributed by atoms with Crippen LogP contribution in [0.4, 0.5) is 0 Å². The summed E-state index contributed by atoms with van der Waals surface area (Å²) < 4.78 is 0. The van der Waals surface area contributed by atoms with E-state index >= 15 is 0 Å². The summed E-state index contributed by atoms with van der Waals surface area (Å²) in [6.07, 6.45) is 9.50. The molecule has 0 aromatic heterocycles. The summed E-state index contributed by atoms with van der Waals surface area (Å²) in [6, 6.07) is 1.94. The Kier molecular flexibility index (Phi) is 6.17. The quantitative estimate of drug-likeness (QED) is 0.319. The van der Waals surface area contributed by atoms with Gasteiger partial charge in [-0.3, -0.25) is 0 Å². The van der Waals surface area contributed by atoms with E-state index in [0.29, 0.717) is 0 Å². The van der Waals surface area contributed by atoms with Crippen molar-refractivity contribution < 1.29 is 0 Å². The third kappa shape index (κ3) is 6.97. The Morgan fingerprint density at radius 2 is 2.00 bits per heavy atom. The molecule has 0 bridgehead atoms. The Morgan fingerprint density at radius 3 is 2.56 bits per heavy atom. The number of rotatable bonds is 3. The van der Waals surface area contributed by atoms with Gasteiger partial charge in [0, 0.05) is 6.08 Å². The monoisotopic (exact) mass is 121 g/mol. The number of hydrogen-bond donors (Lipinski definition) is 0. The van der Waals surface area contributed by atoms with Crippen LogP contribution >= 0.6 is 0 Å². The molecule has 0 atom stereocenters. The van der Waals surface area contributed by atoms with E-state index in [1.165, 1.54) is 6.08 Å². The third-order valence-corrected chi connectivity index (χ3v) is 0.928. The van der Waals surface area contributed by atoms with E-state index in [-0.39, 0.29) is 0 Å². The zero-order chi connectivity index (χ0) is 6.95. The van der Waals surface area contributed by atoms with Gasteiger partial charge in [0.1, 0.15) is 0 Å². The molecule has 0 radical (unpaired) electrons. The van der Waals surface area contributed by atoms with Gasteiger partial charge >= 0.3 is 0 Å². The van der Waals surface area contributed by atoms with Crippen LogP contribution in [0.5, 0.6) is 0 Å². The summed E-state index contributed by atoms with van der Waals surface area (Å²) in [7, 11) is 0. The molecule has 0 aliphatic heterocycles. The molecule has 0 amide bonds. The van der Waals surface area contributed by atoms with Crippen molar-refractivity contribution in [3.63, 3.8) is 0 Å². The van der Waals surface area contributed by atoms with Gasteiger partial charge in [0.05, 0.1) is 6.07 Å². The number of nitriles is 1. The molecular formula is C8H11N. The molecule has 1 heteroatoms. The fourth-order valence-electron chi connectivity index (χ4n) is 0.495. The number of unbranched alkanes of at least 4 members (excludes halogenated alkanes) is 1. The molecule has 1 nitrogen and oxygen atoms in total. The van der Waals surface area contributed by atoms with E-state index in [2.05, 4.69) is 6.08 Å². The lowest BCUT2D eigenvalue weighted by atomic mass is 10.3. The predicted molar refractivity (Wildman–Crippen MR) is 38.8 cm³/mol. The first-order valence-corrected chi connectivity index (χ1v) is 3.07. The highest BCUT2D eigenvalue weighted by Crippen LogP contribution is 1.91. The Labute approximate surface area is 56.3 Å². The van der Waals surface area contributed by atoms with Gasteiger partial charge in [-0.05, 0) is 19.8 Å². The molecule has 0 unspecified atom stereocenters. The highest BCUT2D eigenvalue weighted by molar-refractivity contribution is 5.01. The van der Waals surface area contributed by atoms with Crippen LogP contribution in [0.25, 0.3) is 0 Å². The highest BCUT2D eigenvalue weighted by Gasteiger charge is 1.72. The average Bonchev–Trinajstić information content (AvgIpc) is 1.89. The molecule has 0 aliphatic carbocycles. The average molecular weight is 121 g/mol. The molecular weight excluding hydrogens is 110 g/mol. The van der Waals surface area contributed by atoms with E-state index in [1.54, 1.807) is 0 Å². The second-order valence-electron chi connectivity index (χ2n) is 1.68. The maximum Gasteiger partial charge on any atom is 0.0908 e. The van der Waals surface area contributed by atoms with Crippen molar-refractivity contribution in [1.29, 1.82) is 5.26 Å². The minimum absolute atomic E-state index is 0.970. The zero-order valence-corrected chi connectivity index (χ0v) is 5.67. The Balaban J connectivity index is 3.12. The second kappa shape index (κ2) is 6.97. The molecule has 0 saturated heterocycles. The Hall–Kier alpha value is -1.03. The van der Waals surface area contributed by atoms with Crippen molar-refractivity contribution in [2.45, 2.75) is 19.8 Å². The first-order chi connectivity index (χ1) is 4.41. The van der Waals surface area contributed by atoms with Crippen molar-refractivity contribution in [3.05, 3.63) is 24.3 Å². The molecule has 0 saturated carbocycles. The van der Waals surface area contributed by atoms with Gasteiger partial charge in [0.2, 0.25) is 0 Å². The lowest BCUT2D eigenvalue weighted by molar-refractivity contribution is 1.05. The molecule has 0 aromatic rings. The second-order valence-corrected chi connectivity index (χ2v) is 1.68. The van der Waals surface area contributed by atoms with Crippen LogP contribution in [-0.2, 0) is 0 Å². The largest absolute Gasteiger partial charge is 0.193 e. The summed E-state index contributed by atoms with van der Waals surface area (Å²) in [5, 5.41) is 8.07. The number of hydrogen-bond acceptors (Lipinski definition) is 1. The molecule has 0 fully saturated rings. The first kappa shape index (κ1) is 7.97. The zero-order valence-electron chi connectivity index (χ0n) is 5.67. The molecule has 48 valence electrons. The van der Waals surface area contributed by atoms with Gasteiger partial charge in [0.15, 0.2) is 0 Å². The fraction of sp³-hybridized carbons (Fsp3) is 0.375. The van der Waals surface area contributed by atoms with Crippen LogP contribution in [0.15, 0.2) is 24.3 Å². The third-order valence-electron chi connectivity index (χ3n) is 0.928. The molecule has 0 heterocycles. The molecule has 9 heavy (non-hydrogen) atoms. The van der Waals surface area contributed by atoms with Gasteiger partial charge in [-0.2, -0.15) is 5.26 Å². The van der Waals surface area contributed by atoms with Gasteiger partial charge in [0.25, 0.3) is 0 Å². The SMILES string of the molecule is CC=CCCC=CC#N. The van der Waals surface area contributed by atoms with E-state index in [4.69, 9.17) is 5.26 Å². The van der Waals surface area contributed by atoms with Crippen LogP contribution < -0.4 is 0 Å². The Bertz CT molecular complexity index is 137. The van der Waals surface area contributed by atoms with Crippen LogP contribution in [0.2, 0.25) is 0 Å². The number of allylic oxidation sites excluding steroid dienone is 4. The standard InChI is InChI=1S/C8H11N/c1-2-3-4-5-6-7-8-9/h2-3,6-7H,4-5H2,1H3. The van der Waals surface area contributed by atoms with Crippen molar-refractivity contribution in [1.82, 2.24) is 0 Å². The predicted octanol–water partition coefficient (Wildman–Crippen LogP) is 2.42. The fourth-order valence-corrected chi connectivity index (χ4v) is 0.495. The maximum atomic E-state index is 8.07. The van der Waals surface area contributed by atoms with Crippen molar-refractivity contribution in [2.24, 2.45) is 0 Å². The van der Waals surface area contributed by atoms with Crippen LogP contribution in [0, 0.1) is 11.3 Å².